The van der Waals surface area contributed by atoms with Gasteiger partial charge in [-0.05, 0) is 41.0 Å². The number of ether oxygens (including phenoxy) is 1. The van der Waals surface area contributed by atoms with Gasteiger partial charge in [0.2, 0.25) is 0 Å². The Balaban J connectivity index is 1.82. The van der Waals surface area contributed by atoms with E-state index in [4.69, 9.17) is 4.74 Å². The molecule has 0 saturated heterocycles. The van der Waals surface area contributed by atoms with Crippen molar-refractivity contribution >= 4 is 22.4 Å². The average molecular weight is 303 g/mol. The molecule has 1 atom stereocenters. The van der Waals surface area contributed by atoms with E-state index in [1.165, 1.54) is 5.39 Å². The van der Waals surface area contributed by atoms with E-state index in [1.54, 1.807) is 0 Å². The van der Waals surface area contributed by atoms with E-state index in [2.05, 4.69) is 29.6 Å². The lowest BCUT2D eigenvalue weighted by molar-refractivity contribution is -0.134. The highest BCUT2D eigenvalue weighted by molar-refractivity contribution is 5.88. The SMILES string of the molecule is Cc1ccc2c(c1)OC(=O)CC(c1cccc3ccccc13)N2. The topological polar surface area (TPSA) is 38.3 Å². The van der Waals surface area contributed by atoms with Crippen molar-refractivity contribution < 1.29 is 9.53 Å². The van der Waals surface area contributed by atoms with Crippen LogP contribution >= 0.6 is 0 Å². The van der Waals surface area contributed by atoms with E-state index < -0.39 is 0 Å². The van der Waals surface area contributed by atoms with E-state index >= 15 is 0 Å². The second-order valence-electron chi connectivity index (χ2n) is 5.94. The molecule has 3 heteroatoms. The minimum absolute atomic E-state index is 0.0995. The molecule has 1 unspecified atom stereocenters. The molecule has 1 heterocycles. The smallest absolute Gasteiger partial charge is 0.313 e. The van der Waals surface area contributed by atoms with Gasteiger partial charge in [0.1, 0.15) is 0 Å². The number of hydrogen-bond donors (Lipinski definition) is 1. The van der Waals surface area contributed by atoms with E-state index in [9.17, 15) is 4.79 Å². The van der Waals surface area contributed by atoms with Gasteiger partial charge in [0.15, 0.2) is 5.75 Å². The molecule has 0 saturated carbocycles. The van der Waals surface area contributed by atoms with Crippen LogP contribution < -0.4 is 10.1 Å². The number of aryl methyl sites for hydroxylation is 1. The normalized spacial score (nSPS) is 17.1. The van der Waals surface area contributed by atoms with Crippen LogP contribution in [0.15, 0.2) is 60.7 Å². The van der Waals surface area contributed by atoms with Crippen LogP contribution in [0.25, 0.3) is 10.8 Å². The summed E-state index contributed by atoms with van der Waals surface area (Å²) in [6, 6.07) is 20.2. The highest BCUT2D eigenvalue weighted by Gasteiger charge is 2.24. The number of rotatable bonds is 1. The lowest BCUT2D eigenvalue weighted by atomic mass is 9.96. The molecule has 3 nitrogen and oxygen atoms in total. The van der Waals surface area contributed by atoms with Crippen molar-refractivity contribution in [2.24, 2.45) is 0 Å². The first kappa shape index (κ1) is 13.8. The van der Waals surface area contributed by atoms with Crippen molar-refractivity contribution in [3.05, 3.63) is 71.8 Å². The molecule has 23 heavy (non-hydrogen) atoms. The summed E-state index contributed by atoms with van der Waals surface area (Å²) in [6.07, 6.45) is 0.307. The third-order valence-electron chi connectivity index (χ3n) is 4.26. The van der Waals surface area contributed by atoms with Crippen LogP contribution in [0.2, 0.25) is 0 Å². The molecular formula is C20H17NO2. The molecule has 1 aliphatic heterocycles. The summed E-state index contributed by atoms with van der Waals surface area (Å²) in [5.74, 6) is 0.400. The third kappa shape index (κ3) is 2.55. The van der Waals surface area contributed by atoms with Gasteiger partial charge in [-0.25, -0.2) is 0 Å². The first-order valence-corrected chi connectivity index (χ1v) is 7.76. The largest absolute Gasteiger partial charge is 0.424 e. The maximum atomic E-state index is 12.2. The fourth-order valence-electron chi connectivity index (χ4n) is 3.14. The highest BCUT2D eigenvalue weighted by Crippen LogP contribution is 2.36. The predicted molar refractivity (Wildman–Crippen MR) is 91.7 cm³/mol. The zero-order valence-corrected chi connectivity index (χ0v) is 12.9. The van der Waals surface area contributed by atoms with Crippen molar-refractivity contribution in [1.82, 2.24) is 0 Å². The zero-order valence-electron chi connectivity index (χ0n) is 12.9. The maximum absolute atomic E-state index is 12.2. The minimum Gasteiger partial charge on any atom is -0.424 e. The standard InChI is InChI=1S/C20H17NO2/c1-13-9-10-17-19(11-13)23-20(22)12-18(21-17)16-8-4-6-14-5-2-3-7-15(14)16/h2-11,18,21H,12H2,1H3. The second kappa shape index (κ2) is 5.43. The highest BCUT2D eigenvalue weighted by atomic mass is 16.5. The van der Waals surface area contributed by atoms with Crippen molar-refractivity contribution in [2.75, 3.05) is 5.32 Å². The Hall–Kier alpha value is -2.81. The quantitative estimate of drug-likeness (QED) is 0.527. The molecule has 0 spiro atoms. The first-order valence-electron chi connectivity index (χ1n) is 7.76. The Morgan fingerprint density at radius 2 is 1.87 bits per heavy atom. The molecule has 0 aromatic heterocycles. The lowest BCUT2D eigenvalue weighted by Gasteiger charge is -2.18. The van der Waals surface area contributed by atoms with Crippen LogP contribution in [-0.4, -0.2) is 5.97 Å². The summed E-state index contributed by atoms with van der Waals surface area (Å²) >= 11 is 0. The molecule has 1 aliphatic rings. The van der Waals surface area contributed by atoms with Crippen LogP contribution in [0.1, 0.15) is 23.6 Å². The van der Waals surface area contributed by atoms with E-state index in [0.717, 1.165) is 22.2 Å². The van der Waals surface area contributed by atoms with Gasteiger partial charge in [-0.1, -0.05) is 48.5 Å². The number of fused-ring (bicyclic) bond motifs is 2. The Kier molecular flexibility index (Phi) is 3.27. The monoisotopic (exact) mass is 303 g/mol. The molecule has 3 aromatic rings. The number of carbonyl (C=O) groups excluding carboxylic acids is 1. The molecule has 4 rings (SSSR count). The fourth-order valence-corrected chi connectivity index (χ4v) is 3.14. The number of carbonyl (C=O) groups is 1. The molecular weight excluding hydrogens is 286 g/mol. The Labute approximate surface area is 134 Å². The molecule has 3 aromatic carbocycles. The third-order valence-corrected chi connectivity index (χ3v) is 4.26. The number of hydrogen-bond acceptors (Lipinski definition) is 3. The van der Waals surface area contributed by atoms with Gasteiger partial charge >= 0.3 is 5.97 Å². The number of anilines is 1. The number of benzene rings is 3. The Morgan fingerprint density at radius 3 is 2.78 bits per heavy atom. The first-order chi connectivity index (χ1) is 11.2. The number of nitrogens with one attached hydrogen (secondary N) is 1. The van der Waals surface area contributed by atoms with Gasteiger partial charge in [0, 0.05) is 0 Å². The molecule has 0 aliphatic carbocycles. The second-order valence-corrected chi connectivity index (χ2v) is 5.94. The summed E-state index contributed by atoms with van der Waals surface area (Å²) in [4.78, 5) is 12.2. The summed E-state index contributed by atoms with van der Waals surface area (Å²) in [5, 5.41) is 5.82. The molecule has 0 bridgehead atoms. The van der Waals surface area contributed by atoms with Gasteiger partial charge in [-0.3, -0.25) is 4.79 Å². The maximum Gasteiger partial charge on any atom is 0.313 e. The average Bonchev–Trinajstić information content (AvgIpc) is 2.72. The minimum atomic E-state index is -0.209. The van der Waals surface area contributed by atoms with Gasteiger partial charge < -0.3 is 10.1 Å². The van der Waals surface area contributed by atoms with E-state index in [1.807, 2.05) is 43.3 Å². The lowest BCUT2D eigenvalue weighted by Crippen LogP contribution is -2.14. The van der Waals surface area contributed by atoms with Gasteiger partial charge in [0.25, 0.3) is 0 Å². The van der Waals surface area contributed by atoms with Crippen LogP contribution in [0, 0.1) is 6.92 Å². The fraction of sp³-hybridized carbons (Fsp3) is 0.150. The zero-order chi connectivity index (χ0) is 15.8. The molecule has 1 N–H and O–H groups in total. The van der Waals surface area contributed by atoms with E-state index in [-0.39, 0.29) is 12.0 Å². The van der Waals surface area contributed by atoms with Crippen molar-refractivity contribution in [3.8, 4) is 5.75 Å². The molecule has 0 fully saturated rings. The van der Waals surface area contributed by atoms with Crippen molar-refractivity contribution in [1.29, 1.82) is 0 Å². The van der Waals surface area contributed by atoms with Crippen molar-refractivity contribution in [3.63, 3.8) is 0 Å². The van der Waals surface area contributed by atoms with Crippen LogP contribution in [0.5, 0.6) is 5.75 Å². The molecule has 114 valence electrons. The molecule has 0 amide bonds. The predicted octanol–water partition coefficient (Wildman–Crippen LogP) is 4.61. The van der Waals surface area contributed by atoms with Gasteiger partial charge in [0.05, 0.1) is 18.2 Å². The van der Waals surface area contributed by atoms with Crippen LogP contribution in [0.4, 0.5) is 5.69 Å². The summed E-state index contributed by atoms with van der Waals surface area (Å²) in [6.45, 7) is 1.99. The Morgan fingerprint density at radius 1 is 1.04 bits per heavy atom. The summed E-state index contributed by atoms with van der Waals surface area (Å²) in [5.41, 5.74) is 3.05. The molecule has 0 radical (unpaired) electrons. The van der Waals surface area contributed by atoms with Crippen LogP contribution in [0.3, 0.4) is 0 Å². The van der Waals surface area contributed by atoms with Gasteiger partial charge in [-0.15, -0.1) is 0 Å². The van der Waals surface area contributed by atoms with Crippen LogP contribution in [-0.2, 0) is 4.79 Å². The summed E-state index contributed by atoms with van der Waals surface area (Å²) in [7, 11) is 0. The van der Waals surface area contributed by atoms with E-state index in [0.29, 0.717) is 12.2 Å². The summed E-state index contributed by atoms with van der Waals surface area (Å²) < 4.78 is 5.50. The van der Waals surface area contributed by atoms with Crippen molar-refractivity contribution in [2.45, 2.75) is 19.4 Å². The Bertz CT molecular complexity index is 896. The number of esters is 1. The van der Waals surface area contributed by atoms with Gasteiger partial charge in [-0.2, -0.15) is 0 Å².